The number of aryl methyl sites for hydroxylation is 1. The number of carbonyl (C=O) groups excluding carboxylic acids is 1. The van der Waals surface area contributed by atoms with Gasteiger partial charge in [-0.2, -0.15) is 5.10 Å². The number of carbonyl (C=O) groups is 1. The molecule has 6 heterocycles. The Balaban J connectivity index is 1.24. The van der Waals surface area contributed by atoms with Crippen LogP contribution in [0.15, 0.2) is 61.3 Å². The van der Waals surface area contributed by atoms with Gasteiger partial charge in [-0.25, -0.2) is 0 Å². The predicted molar refractivity (Wildman–Crippen MR) is 151 cm³/mol. The van der Waals surface area contributed by atoms with Crippen LogP contribution in [0.4, 0.5) is 5.69 Å². The molecule has 3 N–H and O–H groups in total. The molecule has 0 aliphatic heterocycles. The maximum atomic E-state index is 12.6. The lowest BCUT2D eigenvalue weighted by Gasteiger charge is -2.11. The van der Waals surface area contributed by atoms with Gasteiger partial charge in [0.25, 0.3) is 0 Å². The van der Waals surface area contributed by atoms with Gasteiger partial charge in [0.1, 0.15) is 5.69 Å². The quantitative estimate of drug-likeness (QED) is 0.234. The molecule has 6 aromatic heterocycles. The van der Waals surface area contributed by atoms with Crippen molar-refractivity contribution < 1.29 is 4.79 Å². The third-order valence-electron chi connectivity index (χ3n) is 7.28. The van der Waals surface area contributed by atoms with Crippen molar-refractivity contribution in [2.45, 2.75) is 32.6 Å². The summed E-state index contributed by atoms with van der Waals surface area (Å²) < 4.78 is 0. The van der Waals surface area contributed by atoms with Crippen molar-refractivity contribution in [1.29, 1.82) is 0 Å². The summed E-state index contributed by atoms with van der Waals surface area (Å²) in [6.45, 7) is 2.11. The van der Waals surface area contributed by atoms with Crippen molar-refractivity contribution in [3.63, 3.8) is 0 Å². The average molecular weight is 520 g/mol. The second-order valence-electron chi connectivity index (χ2n) is 9.86. The summed E-state index contributed by atoms with van der Waals surface area (Å²) in [6.07, 6.45) is 13.2. The Morgan fingerprint density at radius 2 is 1.84 bits per heavy atom. The van der Waals surface area contributed by atoms with E-state index in [9.17, 15) is 4.79 Å². The minimum Gasteiger partial charge on any atom is -0.352 e. The summed E-state index contributed by atoms with van der Waals surface area (Å²) in [5.74, 6) is 0.171. The van der Waals surface area contributed by atoms with Gasteiger partial charge in [-0.15, -0.1) is 11.3 Å². The summed E-state index contributed by atoms with van der Waals surface area (Å²) in [5, 5.41) is 12.8. The van der Waals surface area contributed by atoms with E-state index >= 15 is 0 Å². The Bertz CT molecular complexity index is 1810. The van der Waals surface area contributed by atoms with Crippen LogP contribution >= 0.6 is 11.3 Å². The first-order valence-corrected chi connectivity index (χ1v) is 13.6. The molecule has 0 unspecified atom stereocenters. The fraction of sp³-hybridized carbons (Fsp3) is 0.207. The number of amides is 1. The third kappa shape index (κ3) is 4.05. The van der Waals surface area contributed by atoms with Gasteiger partial charge < -0.3 is 10.3 Å². The van der Waals surface area contributed by atoms with Crippen LogP contribution in [0, 0.1) is 12.8 Å². The monoisotopic (exact) mass is 519 g/mol. The Labute approximate surface area is 222 Å². The van der Waals surface area contributed by atoms with Crippen molar-refractivity contribution in [1.82, 2.24) is 30.1 Å². The van der Waals surface area contributed by atoms with Crippen LogP contribution in [0.2, 0.25) is 0 Å². The molecule has 9 heteroatoms. The number of pyridine rings is 3. The molecule has 1 fully saturated rings. The number of hydrogen-bond donors (Lipinski definition) is 3. The van der Waals surface area contributed by atoms with E-state index in [0.29, 0.717) is 5.69 Å². The maximum Gasteiger partial charge on any atom is 0.227 e. The highest BCUT2D eigenvalue weighted by atomic mass is 32.1. The standard InChI is InChI=1S/C29H25N7OS/c1-16-6-7-27(38-16)22-13-31-14-25-20(22)9-24(34-25)28-21-10-23(32-15-26(21)35-36-28)18-8-19(12-30-11-18)33-29(37)17-4-2-3-5-17/h6-15,17,34H,2-5H2,1H3,(H,33,37)(H,35,36). The van der Waals surface area contributed by atoms with Crippen molar-refractivity contribution >= 4 is 44.7 Å². The second-order valence-corrected chi connectivity index (χ2v) is 11.1. The van der Waals surface area contributed by atoms with Crippen molar-refractivity contribution in [3.05, 3.63) is 66.2 Å². The van der Waals surface area contributed by atoms with E-state index < -0.39 is 0 Å². The van der Waals surface area contributed by atoms with E-state index in [1.807, 2.05) is 24.5 Å². The van der Waals surface area contributed by atoms with Crippen molar-refractivity contribution in [2.75, 3.05) is 5.32 Å². The van der Waals surface area contributed by atoms with Gasteiger partial charge >= 0.3 is 0 Å². The van der Waals surface area contributed by atoms with Crippen LogP contribution in [0.25, 0.3) is 54.9 Å². The normalized spacial score (nSPS) is 14.0. The van der Waals surface area contributed by atoms with E-state index in [-0.39, 0.29) is 11.8 Å². The molecule has 1 aliphatic rings. The molecule has 0 spiro atoms. The van der Waals surface area contributed by atoms with E-state index in [0.717, 1.165) is 75.7 Å². The molecule has 6 aromatic rings. The van der Waals surface area contributed by atoms with E-state index in [1.165, 1.54) is 9.75 Å². The lowest BCUT2D eigenvalue weighted by atomic mass is 10.1. The molecule has 8 nitrogen and oxygen atoms in total. The first-order chi connectivity index (χ1) is 18.6. The van der Waals surface area contributed by atoms with Crippen LogP contribution in [-0.2, 0) is 4.79 Å². The lowest BCUT2D eigenvalue weighted by molar-refractivity contribution is -0.119. The van der Waals surface area contributed by atoms with E-state index in [4.69, 9.17) is 0 Å². The fourth-order valence-electron chi connectivity index (χ4n) is 5.31. The van der Waals surface area contributed by atoms with Gasteiger partial charge in [0.05, 0.1) is 46.7 Å². The summed E-state index contributed by atoms with van der Waals surface area (Å²) in [7, 11) is 0. The largest absolute Gasteiger partial charge is 0.352 e. The number of hydrogen-bond acceptors (Lipinski definition) is 6. The summed E-state index contributed by atoms with van der Waals surface area (Å²) in [4.78, 5) is 32.0. The molecule has 1 aliphatic carbocycles. The predicted octanol–water partition coefficient (Wildman–Crippen LogP) is 6.73. The molecule has 0 bridgehead atoms. The number of aromatic amines is 2. The van der Waals surface area contributed by atoms with Gasteiger partial charge in [0.2, 0.25) is 5.91 Å². The average Bonchev–Trinajstić information content (AvgIpc) is 3.74. The van der Waals surface area contributed by atoms with Crippen LogP contribution in [-0.4, -0.2) is 36.0 Å². The third-order valence-corrected chi connectivity index (χ3v) is 8.32. The number of nitrogens with zero attached hydrogens (tertiary/aromatic N) is 4. The molecule has 0 aromatic carbocycles. The Morgan fingerprint density at radius 3 is 2.68 bits per heavy atom. The van der Waals surface area contributed by atoms with Gasteiger partial charge in [-0.1, -0.05) is 12.8 Å². The highest BCUT2D eigenvalue weighted by Crippen LogP contribution is 2.36. The first-order valence-electron chi connectivity index (χ1n) is 12.8. The summed E-state index contributed by atoms with van der Waals surface area (Å²) in [5.41, 5.74) is 6.91. The fourth-order valence-corrected chi connectivity index (χ4v) is 6.21. The van der Waals surface area contributed by atoms with Gasteiger partial charge in [0.15, 0.2) is 0 Å². The SMILES string of the molecule is Cc1ccc(-c2cncc3[nH]c(-c4n[nH]c5cnc(-c6cncc(NC(=O)C7CCCC7)c6)cc45)cc23)s1. The number of aromatic nitrogens is 6. The second kappa shape index (κ2) is 9.18. The van der Waals surface area contributed by atoms with E-state index in [2.05, 4.69) is 60.6 Å². The van der Waals surface area contributed by atoms with Gasteiger partial charge in [-0.3, -0.25) is 24.8 Å². The zero-order valence-corrected chi connectivity index (χ0v) is 21.6. The van der Waals surface area contributed by atoms with Gasteiger partial charge in [-0.05, 0) is 50.1 Å². The highest BCUT2D eigenvalue weighted by molar-refractivity contribution is 7.15. The number of fused-ring (bicyclic) bond motifs is 2. The van der Waals surface area contributed by atoms with E-state index in [1.54, 1.807) is 29.9 Å². The number of anilines is 1. The minimum absolute atomic E-state index is 0.0763. The van der Waals surface area contributed by atoms with Crippen LogP contribution in [0.1, 0.15) is 30.6 Å². The maximum absolute atomic E-state index is 12.6. The molecule has 1 amide bonds. The number of thiophene rings is 1. The molecule has 0 radical (unpaired) electrons. The van der Waals surface area contributed by atoms with Crippen LogP contribution in [0.3, 0.4) is 0 Å². The molecular weight excluding hydrogens is 494 g/mol. The molecule has 188 valence electrons. The Morgan fingerprint density at radius 1 is 0.974 bits per heavy atom. The molecule has 0 saturated heterocycles. The Kier molecular flexibility index (Phi) is 5.51. The molecule has 1 saturated carbocycles. The van der Waals surface area contributed by atoms with Crippen molar-refractivity contribution in [2.24, 2.45) is 5.92 Å². The Hall–Kier alpha value is -4.37. The summed E-state index contributed by atoms with van der Waals surface area (Å²) >= 11 is 1.76. The molecule has 0 atom stereocenters. The number of nitrogens with one attached hydrogen (secondary N) is 3. The van der Waals surface area contributed by atoms with Crippen LogP contribution in [0.5, 0.6) is 0 Å². The zero-order valence-electron chi connectivity index (χ0n) is 20.8. The smallest absolute Gasteiger partial charge is 0.227 e. The van der Waals surface area contributed by atoms with Crippen molar-refractivity contribution in [3.8, 4) is 33.1 Å². The number of H-pyrrole nitrogens is 2. The van der Waals surface area contributed by atoms with Gasteiger partial charge in [0, 0.05) is 50.0 Å². The lowest BCUT2D eigenvalue weighted by Crippen LogP contribution is -2.20. The topological polar surface area (TPSA) is 112 Å². The highest BCUT2D eigenvalue weighted by Gasteiger charge is 2.23. The van der Waals surface area contributed by atoms with Crippen LogP contribution < -0.4 is 5.32 Å². The molecule has 38 heavy (non-hydrogen) atoms. The zero-order chi connectivity index (χ0) is 25.6. The minimum atomic E-state index is 0.0763. The first kappa shape index (κ1) is 22.8. The summed E-state index contributed by atoms with van der Waals surface area (Å²) in [6, 6.07) is 10.4. The molecule has 7 rings (SSSR count). The number of rotatable bonds is 5. The molecular formula is C29H25N7OS.